The highest BCUT2D eigenvalue weighted by Crippen LogP contribution is 2.18. The standard InChI is InChI=1S/C17H22N2O4/c1-4-16(20)18-9-12-5-7-13(8-6-12)17(21)19-10-14(22-2)15(11-19)23-3/h4-8,14-15H,1,9-11H2,2-3H3,(H,18,20)/t14-,15+. The van der Waals surface area contributed by atoms with E-state index in [2.05, 4.69) is 11.9 Å². The Balaban J connectivity index is 1.98. The molecule has 0 saturated carbocycles. The fourth-order valence-electron chi connectivity index (χ4n) is 2.57. The van der Waals surface area contributed by atoms with Crippen molar-refractivity contribution in [1.82, 2.24) is 10.2 Å². The van der Waals surface area contributed by atoms with Gasteiger partial charge in [0, 0.05) is 39.4 Å². The Hall–Kier alpha value is -2.18. The molecule has 1 N–H and O–H groups in total. The zero-order valence-electron chi connectivity index (χ0n) is 13.5. The minimum Gasteiger partial charge on any atom is -0.377 e. The lowest BCUT2D eigenvalue weighted by molar-refractivity contribution is -0.116. The zero-order valence-corrected chi connectivity index (χ0v) is 13.5. The van der Waals surface area contributed by atoms with Crippen LogP contribution in [0.25, 0.3) is 0 Å². The zero-order chi connectivity index (χ0) is 16.8. The van der Waals surface area contributed by atoms with Crippen molar-refractivity contribution in [1.29, 1.82) is 0 Å². The molecule has 2 atom stereocenters. The molecular formula is C17H22N2O4. The maximum Gasteiger partial charge on any atom is 0.254 e. The summed E-state index contributed by atoms with van der Waals surface area (Å²) in [5.41, 5.74) is 1.53. The molecule has 1 saturated heterocycles. The number of ether oxygens (including phenoxy) is 2. The highest BCUT2D eigenvalue weighted by Gasteiger charge is 2.35. The fraction of sp³-hybridized carbons (Fsp3) is 0.412. The van der Waals surface area contributed by atoms with Crippen LogP contribution in [0.4, 0.5) is 0 Å². The first kappa shape index (κ1) is 17.2. The van der Waals surface area contributed by atoms with E-state index >= 15 is 0 Å². The summed E-state index contributed by atoms with van der Waals surface area (Å²) in [5.74, 6) is -0.272. The number of rotatable bonds is 6. The van der Waals surface area contributed by atoms with E-state index in [0.717, 1.165) is 5.56 Å². The van der Waals surface area contributed by atoms with Crippen molar-refractivity contribution in [3.63, 3.8) is 0 Å². The average molecular weight is 318 g/mol. The van der Waals surface area contributed by atoms with Crippen LogP contribution in [0.2, 0.25) is 0 Å². The lowest BCUT2D eigenvalue weighted by Crippen LogP contribution is -2.30. The number of hydrogen-bond acceptors (Lipinski definition) is 4. The van der Waals surface area contributed by atoms with Gasteiger partial charge >= 0.3 is 0 Å². The van der Waals surface area contributed by atoms with Gasteiger partial charge in [-0.05, 0) is 23.8 Å². The van der Waals surface area contributed by atoms with E-state index < -0.39 is 0 Å². The van der Waals surface area contributed by atoms with E-state index in [9.17, 15) is 9.59 Å². The number of carbonyl (C=O) groups excluding carboxylic acids is 2. The second-order valence-corrected chi connectivity index (χ2v) is 5.38. The first-order valence-electron chi connectivity index (χ1n) is 7.43. The average Bonchev–Trinajstić information content (AvgIpc) is 3.02. The summed E-state index contributed by atoms with van der Waals surface area (Å²) in [6.07, 6.45) is 1.03. The molecule has 0 bridgehead atoms. The van der Waals surface area contributed by atoms with Crippen molar-refractivity contribution >= 4 is 11.8 Å². The van der Waals surface area contributed by atoms with Gasteiger partial charge in [0.15, 0.2) is 0 Å². The molecule has 0 aromatic heterocycles. The minimum atomic E-state index is -0.224. The van der Waals surface area contributed by atoms with Crippen LogP contribution in [0.15, 0.2) is 36.9 Å². The molecule has 1 aliphatic rings. The Morgan fingerprint density at radius 1 is 1.22 bits per heavy atom. The molecule has 0 aliphatic carbocycles. The summed E-state index contributed by atoms with van der Waals surface area (Å²) in [6, 6.07) is 7.18. The molecule has 124 valence electrons. The highest BCUT2D eigenvalue weighted by atomic mass is 16.5. The first-order valence-corrected chi connectivity index (χ1v) is 7.43. The summed E-state index contributed by atoms with van der Waals surface area (Å²) in [6.45, 7) is 4.84. The van der Waals surface area contributed by atoms with Crippen LogP contribution in [-0.4, -0.2) is 56.2 Å². The van der Waals surface area contributed by atoms with E-state index in [-0.39, 0.29) is 24.0 Å². The molecule has 1 aromatic rings. The van der Waals surface area contributed by atoms with Crippen LogP contribution in [0.5, 0.6) is 0 Å². The SMILES string of the molecule is C=CC(=O)NCc1ccc(C(=O)N2C[C@H](OC)[C@H](OC)C2)cc1. The second-order valence-electron chi connectivity index (χ2n) is 5.38. The predicted molar refractivity (Wildman–Crippen MR) is 86.0 cm³/mol. The molecule has 0 spiro atoms. The molecule has 1 fully saturated rings. The third-order valence-corrected chi connectivity index (χ3v) is 3.96. The molecule has 0 radical (unpaired) electrons. The van der Waals surface area contributed by atoms with E-state index in [0.29, 0.717) is 25.2 Å². The summed E-state index contributed by atoms with van der Waals surface area (Å²) in [4.78, 5) is 25.4. The van der Waals surface area contributed by atoms with Gasteiger partial charge in [0.2, 0.25) is 5.91 Å². The van der Waals surface area contributed by atoms with Gasteiger partial charge in [0.1, 0.15) is 12.2 Å². The predicted octanol–water partition coefficient (Wildman–Crippen LogP) is 0.975. The number of carbonyl (C=O) groups is 2. The third-order valence-electron chi connectivity index (χ3n) is 3.96. The largest absolute Gasteiger partial charge is 0.377 e. The van der Waals surface area contributed by atoms with Gasteiger partial charge < -0.3 is 19.7 Å². The molecule has 1 aliphatic heterocycles. The molecule has 1 heterocycles. The Morgan fingerprint density at radius 3 is 2.26 bits per heavy atom. The first-order chi connectivity index (χ1) is 11.1. The van der Waals surface area contributed by atoms with Gasteiger partial charge in [-0.1, -0.05) is 18.7 Å². The van der Waals surface area contributed by atoms with Crippen LogP contribution in [-0.2, 0) is 20.8 Å². The maximum absolute atomic E-state index is 12.5. The number of likely N-dealkylation sites (tertiary alicyclic amines) is 1. The monoisotopic (exact) mass is 318 g/mol. The number of hydrogen-bond donors (Lipinski definition) is 1. The molecule has 1 aromatic carbocycles. The second kappa shape index (κ2) is 7.89. The van der Waals surface area contributed by atoms with Crippen molar-refractivity contribution in [3.8, 4) is 0 Å². The van der Waals surface area contributed by atoms with E-state index in [1.54, 1.807) is 31.3 Å². The summed E-state index contributed by atoms with van der Waals surface area (Å²) < 4.78 is 10.7. The minimum absolute atomic E-state index is 0.0479. The molecular weight excluding hydrogens is 296 g/mol. The number of benzene rings is 1. The van der Waals surface area contributed by atoms with Crippen molar-refractivity contribution < 1.29 is 19.1 Å². The summed E-state index contributed by atoms with van der Waals surface area (Å²) in [5, 5.41) is 2.69. The molecule has 6 heteroatoms. The van der Waals surface area contributed by atoms with Crippen LogP contribution < -0.4 is 5.32 Å². The van der Waals surface area contributed by atoms with Crippen LogP contribution in [0, 0.1) is 0 Å². The quantitative estimate of drug-likeness (QED) is 0.794. The molecule has 2 rings (SSSR count). The Bertz CT molecular complexity index is 558. The van der Waals surface area contributed by atoms with E-state index in [1.165, 1.54) is 6.08 Å². The van der Waals surface area contributed by atoms with Crippen LogP contribution >= 0.6 is 0 Å². The normalized spacial score (nSPS) is 20.3. The molecule has 23 heavy (non-hydrogen) atoms. The number of amides is 2. The molecule has 2 amide bonds. The van der Waals surface area contributed by atoms with Gasteiger partial charge in [-0.25, -0.2) is 0 Å². The van der Waals surface area contributed by atoms with Gasteiger partial charge in [0.25, 0.3) is 5.91 Å². The van der Waals surface area contributed by atoms with Crippen LogP contribution in [0.3, 0.4) is 0 Å². The fourth-order valence-corrected chi connectivity index (χ4v) is 2.57. The van der Waals surface area contributed by atoms with E-state index in [4.69, 9.17) is 9.47 Å². The van der Waals surface area contributed by atoms with E-state index in [1.807, 2.05) is 12.1 Å². The highest BCUT2D eigenvalue weighted by molar-refractivity contribution is 5.94. The smallest absolute Gasteiger partial charge is 0.254 e. The number of nitrogens with zero attached hydrogens (tertiary/aromatic N) is 1. The van der Waals surface area contributed by atoms with Gasteiger partial charge in [-0.3, -0.25) is 9.59 Å². The summed E-state index contributed by atoms with van der Waals surface area (Å²) in [7, 11) is 3.24. The topological polar surface area (TPSA) is 67.9 Å². The van der Waals surface area contributed by atoms with Gasteiger partial charge in [-0.2, -0.15) is 0 Å². The number of nitrogens with one attached hydrogen (secondary N) is 1. The van der Waals surface area contributed by atoms with Crippen molar-refractivity contribution in [2.24, 2.45) is 0 Å². The maximum atomic E-state index is 12.5. The Morgan fingerprint density at radius 2 is 1.78 bits per heavy atom. The third kappa shape index (κ3) is 4.18. The lowest BCUT2D eigenvalue weighted by atomic mass is 10.1. The summed E-state index contributed by atoms with van der Waals surface area (Å²) >= 11 is 0. The lowest BCUT2D eigenvalue weighted by Gasteiger charge is -2.16. The van der Waals surface area contributed by atoms with Gasteiger partial charge in [0.05, 0.1) is 0 Å². The van der Waals surface area contributed by atoms with Gasteiger partial charge in [-0.15, -0.1) is 0 Å². The van der Waals surface area contributed by atoms with Crippen molar-refractivity contribution in [2.75, 3.05) is 27.3 Å². The molecule has 6 nitrogen and oxygen atoms in total. The number of methoxy groups -OCH3 is 2. The Labute approximate surface area is 136 Å². The van der Waals surface area contributed by atoms with Crippen molar-refractivity contribution in [2.45, 2.75) is 18.8 Å². The Kier molecular flexibility index (Phi) is 5.90. The van der Waals surface area contributed by atoms with Crippen LogP contribution in [0.1, 0.15) is 15.9 Å². The molecule has 0 unspecified atom stereocenters. The van der Waals surface area contributed by atoms with Crippen molar-refractivity contribution in [3.05, 3.63) is 48.0 Å².